The van der Waals surface area contributed by atoms with Gasteiger partial charge in [-0.3, -0.25) is 0 Å². The lowest BCUT2D eigenvalue weighted by molar-refractivity contribution is -0.137. The molecule has 166 valence electrons. The maximum absolute atomic E-state index is 13.3. The number of aromatic nitrogens is 1. The Hall–Kier alpha value is -2.96. The summed E-state index contributed by atoms with van der Waals surface area (Å²) >= 11 is 6.35. The minimum Gasteiger partial charge on any atom is -0.457 e. The van der Waals surface area contributed by atoms with Crippen LogP contribution in [0.4, 0.5) is 13.2 Å². The maximum Gasteiger partial charge on any atom is 0.416 e. The predicted molar refractivity (Wildman–Crippen MR) is 122 cm³/mol. The van der Waals surface area contributed by atoms with Crippen LogP contribution in [0.5, 0.6) is 11.5 Å². The standard InChI is InChI=1S/C25H22ClF3N2O/c26-22-11-9-16(25(27,28)29)14-21(22)24-19(8-4-5-13-30)20-15-18(10-12-23(20)31-24)32-17-6-2-1-3-7-17/h1-3,6-7,9-12,14-15,31H,4-5,8,13,30H2. The Morgan fingerprint density at radius 1 is 0.906 bits per heavy atom. The molecule has 0 aliphatic rings. The molecule has 32 heavy (non-hydrogen) atoms. The SMILES string of the molecule is NCCCCc1c(-c2cc(C(F)(F)F)ccc2Cl)[nH]c2ccc(Oc3ccccc3)cc12. The molecule has 4 rings (SSSR count). The number of halogens is 4. The lowest BCUT2D eigenvalue weighted by Crippen LogP contribution is -2.05. The number of hydrogen-bond acceptors (Lipinski definition) is 2. The summed E-state index contributed by atoms with van der Waals surface area (Å²) in [6.07, 6.45) is -2.20. The van der Waals surface area contributed by atoms with Crippen LogP contribution >= 0.6 is 11.6 Å². The van der Waals surface area contributed by atoms with Crippen molar-refractivity contribution in [2.45, 2.75) is 25.4 Å². The van der Waals surface area contributed by atoms with E-state index in [1.54, 1.807) is 0 Å². The van der Waals surface area contributed by atoms with Gasteiger partial charge in [-0.05, 0) is 79.9 Å². The highest BCUT2D eigenvalue weighted by atomic mass is 35.5. The van der Waals surface area contributed by atoms with Crippen LogP contribution in [0.3, 0.4) is 0 Å². The van der Waals surface area contributed by atoms with Crippen LogP contribution < -0.4 is 10.5 Å². The lowest BCUT2D eigenvalue weighted by Gasteiger charge is -2.12. The minimum absolute atomic E-state index is 0.255. The van der Waals surface area contributed by atoms with Gasteiger partial charge in [-0.25, -0.2) is 0 Å². The van der Waals surface area contributed by atoms with E-state index in [2.05, 4.69) is 4.98 Å². The van der Waals surface area contributed by atoms with Gasteiger partial charge in [0.15, 0.2) is 0 Å². The number of nitrogens with two attached hydrogens (primary N) is 1. The van der Waals surface area contributed by atoms with Crippen molar-refractivity contribution in [3.8, 4) is 22.8 Å². The Morgan fingerprint density at radius 2 is 1.69 bits per heavy atom. The minimum atomic E-state index is -4.46. The Bertz CT molecular complexity index is 1220. The van der Waals surface area contributed by atoms with E-state index in [4.69, 9.17) is 22.1 Å². The number of aromatic amines is 1. The van der Waals surface area contributed by atoms with Crippen LogP contribution in [0.15, 0.2) is 66.7 Å². The Kier molecular flexibility index (Phi) is 6.44. The van der Waals surface area contributed by atoms with Crippen molar-refractivity contribution < 1.29 is 17.9 Å². The quantitative estimate of drug-likeness (QED) is 0.280. The molecule has 0 amide bonds. The molecule has 0 fully saturated rings. The molecule has 0 saturated carbocycles. The van der Waals surface area contributed by atoms with Crippen molar-refractivity contribution >= 4 is 22.5 Å². The molecule has 3 N–H and O–H groups in total. The monoisotopic (exact) mass is 458 g/mol. The molecule has 4 aromatic rings. The van der Waals surface area contributed by atoms with Gasteiger partial charge in [0.2, 0.25) is 0 Å². The van der Waals surface area contributed by atoms with Gasteiger partial charge in [-0.1, -0.05) is 29.8 Å². The summed E-state index contributed by atoms with van der Waals surface area (Å²) in [6.45, 7) is 0.546. The molecule has 3 aromatic carbocycles. The topological polar surface area (TPSA) is 51.0 Å². The zero-order valence-corrected chi connectivity index (χ0v) is 17.9. The maximum atomic E-state index is 13.3. The third kappa shape index (κ3) is 4.76. The van der Waals surface area contributed by atoms with Gasteiger partial charge >= 0.3 is 6.18 Å². The van der Waals surface area contributed by atoms with Gasteiger partial charge < -0.3 is 15.5 Å². The number of rotatable bonds is 7. The van der Waals surface area contributed by atoms with E-state index < -0.39 is 11.7 Å². The lowest BCUT2D eigenvalue weighted by atomic mass is 9.99. The van der Waals surface area contributed by atoms with Crippen LogP contribution in [0, 0.1) is 0 Å². The normalized spacial score (nSPS) is 11.8. The highest BCUT2D eigenvalue weighted by molar-refractivity contribution is 6.33. The van der Waals surface area contributed by atoms with Crippen LogP contribution in [0.2, 0.25) is 5.02 Å². The fourth-order valence-electron chi connectivity index (χ4n) is 3.74. The first kappa shape index (κ1) is 22.2. The van der Waals surface area contributed by atoms with E-state index in [1.165, 1.54) is 6.07 Å². The number of fused-ring (bicyclic) bond motifs is 1. The first-order valence-electron chi connectivity index (χ1n) is 10.3. The zero-order chi connectivity index (χ0) is 22.7. The Morgan fingerprint density at radius 3 is 2.41 bits per heavy atom. The highest BCUT2D eigenvalue weighted by Gasteiger charge is 2.31. The molecule has 0 bridgehead atoms. The van der Waals surface area contributed by atoms with E-state index in [-0.39, 0.29) is 5.02 Å². The number of hydrogen-bond donors (Lipinski definition) is 2. The van der Waals surface area contributed by atoms with Gasteiger partial charge in [0.25, 0.3) is 0 Å². The molecular weight excluding hydrogens is 437 g/mol. The number of unbranched alkanes of at least 4 members (excludes halogenated alkanes) is 1. The Labute approximate surface area is 189 Å². The van der Waals surface area contributed by atoms with E-state index in [1.807, 2.05) is 48.5 Å². The van der Waals surface area contributed by atoms with E-state index in [0.29, 0.717) is 35.7 Å². The number of nitrogens with one attached hydrogen (secondary N) is 1. The average molecular weight is 459 g/mol. The van der Waals surface area contributed by atoms with Crippen LogP contribution in [0.1, 0.15) is 24.0 Å². The molecule has 7 heteroatoms. The molecule has 0 unspecified atom stereocenters. The number of H-pyrrole nitrogens is 1. The summed E-state index contributed by atoms with van der Waals surface area (Å²) in [5.41, 5.74) is 7.53. The van der Waals surface area contributed by atoms with Gasteiger partial charge in [0.1, 0.15) is 11.5 Å². The average Bonchev–Trinajstić information content (AvgIpc) is 3.12. The Balaban J connectivity index is 1.82. The fourth-order valence-corrected chi connectivity index (χ4v) is 3.96. The third-order valence-corrected chi connectivity index (χ3v) is 5.63. The number of ether oxygens (including phenoxy) is 1. The number of alkyl halides is 3. The summed E-state index contributed by atoms with van der Waals surface area (Å²) in [7, 11) is 0. The van der Waals surface area contributed by atoms with Crippen molar-refractivity contribution in [3.05, 3.63) is 82.9 Å². The van der Waals surface area contributed by atoms with Gasteiger partial charge in [-0.15, -0.1) is 0 Å². The van der Waals surface area contributed by atoms with Gasteiger partial charge in [-0.2, -0.15) is 13.2 Å². The van der Waals surface area contributed by atoms with E-state index in [9.17, 15) is 13.2 Å². The number of benzene rings is 3. The number of aryl methyl sites for hydroxylation is 1. The predicted octanol–water partition coefficient (Wildman–Crippen LogP) is 7.58. The molecule has 0 radical (unpaired) electrons. The van der Waals surface area contributed by atoms with Crippen molar-refractivity contribution in [1.82, 2.24) is 4.98 Å². The summed E-state index contributed by atoms with van der Waals surface area (Å²) in [4.78, 5) is 3.28. The first-order valence-corrected chi connectivity index (χ1v) is 10.7. The second kappa shape index (κ2) is 9.27. The number of para-hydroxylation sites is 1. The van der Waals surface area contributed by atoms with Crippen molar-refractivity contribution in [2.24, 2.45) is 5.73 Å². The molecule has 0 spiro atoms. The second-order valence-corrected chi connectivity index (χ2v) is 7.95. The smallest absolute Gasteiger partial charge is 0.416 e. The summed E-state index contributed by atoms with van der Waals surface area (Å²) in [5, 5.41) is 1.14. The molecule has 1 heterocycles. The first-order chi connectivity index (χ1) is 15.4. The third-order valence-electron chi connectivity index (χ3n) is 5.30. The molecule has 0 aliphatic heterocycles. The molecular formula is C25H22ClF3N2O. The van der Waals surface area contributed by atoms with E-state index >= 15 is 0 Å². The van der Waals surface area contributed by atoms with E-state index in [0.717, 1.165) is 41.4 Å². The van der Waals surface area contributed by atoms with Crippen molar-refractivity contribution in [1.29, 1.82) is 0 Å². The van der Waals surface area contributed by atoms with Gasteiger partial charge in [0.05, 0.1) is 11.3 Å². The largest absolute Gasteiger partial charge is 0.457 e. The molecule has 0 atom stereocenters. The van der Waals surface area contributed by atoms with Crippen molar-refractivity contribution in [2.75, 3.05) is 6.54 Å². The molecule has 3 nitrogen and oxygen atoms in total. The molecule has 1 aromatic heterocycles. The summed E-state index contributed by atoms with van der Waals surface area (Å²) in [6, 6.07) is 18.4. The second-order valence-electron chi connectivity index (χ2n) is 7.54. The van der Waals surface area contributed by atoms with Crippen LogP contribution in [-0.4, -0.2) is 11.5 Å². The van der Waals surface area contributed by atoms with Crippen molar-refractivity contribution in [3.63, 3.8) is 0 Å². The molecule has 0 saturated heterocycles. The van der Waals surface area contributed by atoms with Crippen LogP contribution in [0.25, 0.3) is 22.2 Å². The van der Waals surface area contributed by atoms with Crippen LogP contribution in [-0.2, 0) is 12.6 Å². The fraction of sp³-hybridized carbons (Fsp3) is 0.200. The summed E-state index contributed by atoms with van der Waals surface area (Å²) < 4.78 is 46.0. The molecule has 0 aliphatic carbocycles. The summed E-state index contributed by atoms with van der Waals surface area (Å²) in [5.74, 6) is 1.35. The zero-order valence-electron chi connectivity index (χ0n) is 17.2. The highest BCUT2D eigenvalue weighted by Crippen LogP contribution is 2.40. The van der Waals surface area contributed by atoms with Gasteiger partial charge in [0, 0.05) is 21.5 Å².